The Kier molecular flexibility index (Phi) is 6.47. The van der Waals surface area contributed by atoms with Crippen molar-refractivity contribution < 1.29 is 18.0 Å². The van der Waals surface area contributed by atoms with Gasteiger partial charge in [0.15, 0.2) is 5.78 Å². The number of carbonyl (C=O) groups is 2. The topological polar surface area (TPSA) is 96.4 Å². The largest absolute Gasteiger partial charge is 0.346 e. The second-order valence-corrected chi connectivity index (χ2v) is 9.30. The number of nitrogens with zero attached hydrogens (tertiary/aromatic N) is 2. The lowest BCUT2D eigenvalue weighted by molar-refractivity contribution is -0.127. The Morgan fingerprint density at radius 1 is 1.50 bits per heavy atom. The van der Waals surface area contributed by atoms with E-state index in [1.807, 2.05) is 13.8 Å². The van der Waals surface area contributed by atoms with Gasteiger partial charge in [-0.2, -0.15) is 4.31 Å². The number of thiazole rings is 1. The van der Waals surface area contributed by atoms with E-state index in [1.54, 1.807) is 5.38 Å². The Labute approximate surface area is 146 Å². The van der Waals surface area contributed by atoms with E-state index in [-0.39, 0.29) is 29.1 Å². The number of nitrogens with one attached hydrogen (secondary N) is 1. The summed E-state index contributed by atoms with van der Waals surface area (Å²) in [6, 6.07) is -0.610. The molecule has 1 amide bonds. The molecular weight excluding hydrogens is 350 g/mol. The van der Waals surface area contributed by atoms with Crippen LogP contribution in [0, 0.1) is 5.92 Å². The van der Waals surface area contributed by atoms with Crippen molar-refractivity contribution in [1.82, 2.24) is 14.6 Å². The summed E-state index contributed by atoms with van der Waals surface area (Å²) in [5.74, 6) is -0.0108. The van der Waals surface area contributed by atoms with Crippen LogP contribution in [-0.4, -0.2) is 48.5 Å². The molecule has 2 heterocycles. The van der Waals surface area contributed by atoms with Gasteiger partial charge in [-0.25, -0.2) is 13.4 Å². The van der Waals surface area contributed by atoms with Crippen molar-refractivity contribution >= 4 is 33.1 Å². The third kappa shape index (κ3) is 4.84. The lowest BCUT2D eigenvalue weighted by Gasteiger charge is -2.18. The van der Waals surface area contributed by atoms with E-state index < -0.39 is 16.1 Å². The summed E-state index contributed by atoms with van der Waals surface area (Å²) in [6.07, 6.45) is 3.54. The molecule has 24 heavy (non-hydrogen) atoms. The number of Topliss-reactive ketones (excluding diaryl/α,β-unsaturated/α-hetero) is 1. The van der Waals surface area contributed by atoms with E-state index in [0.717, 1.165) is 22.1 Å². The molecule has 9 heteroatoms. The average Bonchev–Trinajstić information content (AvgIpc) is 2.99. The van der Waals surface area contributed by atoms with Gasteiger partial charge in [-0.15, -0.1) is 11.3 Å². The van der Waals surface area contributed by atoms with Gasteiger partial charge in [0, 0.05) is 24.5 Å². The maximum Gasteiger partial charge on any atom is 0.270 e. The highest BCUT2D eigenvalue weighted by Gasteiger charge is 2.34. The van der Waals surface area contributed by atoms with Crippen LogP contribution >= 0.6 is 11.3 Å². The molecule has 2 rings (SSSR count). The molecule has 7 nitrogen and oxygen atoms in total. The second-order valence-electron chi connectivity index (χ2n) is 6.30. The van der Waals surface area contributed by atoms with Crippen LogP contribution < -0.4 is 5.32 Å². The van der Waals surface area contributed by atoms with Gasteiger partial charge in [0.1, 0.15) is 0 Å². The maximum atomic E-state index is 12.5. The first-order chi connectivity index (χ1) is 11.3. The fourth-order valence-corrected chi connectivity index (χ4v) is 4.90. The van der Waals surface area contributed by atoms with Crippen molar-refractivity contribution in [3.8, 4) is 0 Å². The fourth-order valence-electron chi connectivity index (χ4n) is 2.49. The van der Waals surface area contributed by atoms with Gasteiger partial charge in [0.2, 0.25) is 10.2 Å². The van der Waals surface area contributed by atoms with Crippen LogP contribution in [0.2, 0.25) is 0 Å². The first-order valence-corrected chi connectivity index (χ1v) is 10.3. The van der Waals surface area contributed by atoms with E-state index in [0.29, 0.717) is 25.2 Å². The monoisotopic (exact) mass is 373 g/mol. The van der Waals surface area contributed by atoms with Crippen LogP contribution in [0.25, 0.3) is 0 Å². The van der Waals surface area contributed by atoms with Crippen molar-refractivity contribution in [2.45, 2.75) is 49.9 Å². The predicted molar refractivity (Wildman–Crippen MR) is 91.1 cm³/mol. The molecule has 0 aliphatic carbocycles. The summed E-state index contributed by atoms with van der Waals surface area (Å²) >= 11 is 1.03. The first-order valence-electron chi connectivity index (χ1n) is 8.02. The summed E-state index contributed by atoms with van der Waals surface area (Å²) in [5.41, 5.74) is 0. The Bertz CT molecular complexity index is 671. The van der Waals surface area contributed by atoms with Crippen LogP contribution in [0.15, 0.2) is 15.9 Å². The summed E-state index contributed by atoms with van der Waals surface area (Å²) in [4.78, 5) is 28.1. The molecule has 1 atom stereocenters. The van der Waals surface area contributed by atoms with Gasteiger partial charge < -0.3 is 5.32 Å². The van der Waals surface area contributed by atoms with E-state index in [1.165, 1.54) is 6.20 Å². The van der Waals surface area contributed by atoms with Crippen molar-refractivity contribution in [1.29, 1.82) is 0 Å². The third-order valence-corrected chi connectivity index (χ3v) is 6.90. The van der Waals surface area contributed by atoms with E-state index in [4.69, 9.17) is 0 Å². The lowest BCUT2D eigenvalue weighted by atomic mass is 10.1. The van der Waals surface area contributed by atoms with E-state index >= 15 is 0 Å². The minimum atomic E-state index is -3.74. The minimum Gasteiger partial charge on any atom is -0.346 e. The van der Waals surface area contributed by atoms with Crippen LogP contribution in [0.3, 0.4) is 0 Å². The maximum absolute atomic E-state index is 12.5. The summed E-state index contributed by atoms with van der Waals surface area (Å²) in [5, 5.41) is 4.34. The van der Waals surface area contributed by atoms with Gasteiger partial charge >= 0.3 is 0 Å². The molecule has 134 valence electrons. The molecule has 0 unspecified atom stereocenters. The average molecular weight is 374 g/mol. The number of rotatable bonds is 6. The van der Waals surface area contributed by atoms with Gasteiger partial charge in [-0.1, -0.05) is 13.8 Å². The molecule has 0 spiro atoms. The Morgan fingerprint density at radius 2 is 2.25 bits per heavy atom. The van der Waals surface area contributed by atoms with Crippen molar-refractivity contribution in [2.24, 2.45) is 5.92 Å². The molecule has 1 fully saturated rings. The number of hydrogen-bond acceptors (Lipinski definition) is 6. The van der Waals surface area contributed by atoms with Gasteiger partial charge in [0.25, 0.3) is 10.0 Å². The molecule has 1 aromatic rings. The SMILES string of the molecule is CC(C)CCC(=O)N[C@H]1CCCN(S(=O)(=O)c2nccs2)CC1=O. The molecule has 1 aromatic heterocycles. The highest BCUT2D eigenvalue weighted by molar-refractivity contribution is 7.91. The van der Waals surface area contributed by atoms with E-state index in [2.05, 4.69) is 10.3 Å². The summed E-state index contributed by atoms with van der Waals surface area (Å²) < 4.78 is 26.1. The number of hydrogen-bond donors (Lipinski definition) is 1. The second kappa shape index (κ2) is 8.17. The number of carbonyl (C=O) groups excluding carboxylic acids is 2. The van der Waals surface area contributed by atoms with Crippen LogP contribution in [0.4, 0.5) is 0 Å². The molecule has 0 aromatic carbocycles. The number of sulfonamides is 1. The number of ketones is 1. The number of aromatic nitrogens is 1. The third-order valence-electron chi connectivity index (χ3n) is 3.88. The zero-order valence-corrected chi connectivity index (χ0v) is 15.5. The quantitative estimate of drug-likeness (QED) is 0.813. The number of amides is 1. The zero-order chi connectivity index (χ0) is 17.7. The molecule has 0 radical (unpaired) electrons. The molecule has 0 bridgehead atoms. The Hall–Kier alpha value is -1.32. The van der Waals surface area contributed by atoms with Gasteiger partial charge in [-0.05, 0) is 25.2 Å². The molecule has 1 aliphatic heterocycles. The Morgan fingerprint density at radius 3 is 2.88 bits per heavy atom. The summed E-state index contributed by atoms with van der Waals surface area (Å²) in [7, 11) is -3.74. The van der Waals surface area contributed by atoms with Gasteiger partial charge in [0.05, 0.1) is 12.6 Å². The standard InChI is InChI=1S/C15H23N3O4S2/c1-11(2)5-6-14(20)17-12-4-3-8-18(10-13(12)19)24(21,22)15-16-7-9-23-15/h7,9,11-12H,3-6,8,10H2,1-2H3,(H,17,20)/t12-/m0/s1. The van der Waals surface area contributed by atoms with Crippen LogP contribution in [0.5, 0.6) is 0 Å². The normalized spacial score (nSPS) is 20.1. The molecular formula is C15H23N3O4S2. The predicted octanol–water partition coefficient (Wildman–Crippen LogP) is 1.42. The van der Waals surface area contributed by atoms with Crippen LogP contribution in [0.1, 0.15) is 39.5 Å². The smallest absolute Gasteiger partial charge is 0.270 e. The molecule has 1 aliphatic rings. The fraction of sp³-hybridized carbons (Fsp3) is 0.667. The minimum absolute atomic E-state index is 0.00489. The highest BCUT2D eigenvalue weighted by atomic mass is 32.2. The van der Waals surface area contributed by atoms with Crippen molar-refractivity contribution in [3.05, 3.63) is 11.6 Å². The first kappa shape index (κ1) is 19.0. The van der Waals surface area contributed by atoms with Crippen LogP contribution in [-0.2, 0) is 19.6 Å². The lowest BCUT2D eigenvalue weighted by Crippen LogP contribution is -2.44. The highest BCUT2D eigenvalue weighted by Crippen LogP contribution is 2.21. The van der Waals surface area contributed by atoms with E-state index in [9.17, 15) is 18.0 Å². The molecule has 1 saturated heterocycles. The molecule has 1 N–H and O–H groups in total. The van der Waals surface area contributed by atoms with Gasteiger partial charge in [-0.3, -0.25) is 9.59 Å². The molecule has 0 saturated carbocycles. The Balaban J connectivity index is 1.99. The van der Waals surface area contributed by atoms with Crippen molar-refractivity contribution in [3.63, 3.8) is 0 Å². The van der Waals surface area contributed by atoms with Crippen molar-refractivity contribution in [2.75, 3.05) is 13.1 Å². The zero-order valence-electron chi connectivity index (χ0n) is 13.9. The summed E-state index contributed by atoms with van der Waals surface area (Å²) in [6.45, 7) is 4.10.